The fourth-order valence-corrected chi connectivity index (χ4v) is 3.42. The maximum Gasteiger partial charge on any atom is 0.294 e. The van der Waals surface area contributed by atoms with Gasteiger partial charge in [-0.3, -0.25) is 20.3 Å². The molecule has 0 atom stereocenters. The Morgan fingerprint density at radius 3 is 2.47 bits per heavy atom. The summed E-state index contributed by atoms with van der Waals surface area (Å²) in [5.41, 5.74) is 1.88. The summed E-state index contributed by atoms with van der Waals surface area (Å²) < 4.78 is 5.18. The molecule has 154 valence electrons. The molecule has 0 saturated carbocycles. The van der Waals surface area contributed by atoms with Crippen molar-refractivity contribution in [3.63, 3.8) is 0 Å². The van der Waals surface area contributed by atoms with E-state index in [1.165, 1.54) is 31.2 Å². The molecule has 3 rings (SSSR count). The van der Waals surface area contributed by atoms with Gasteiger partial charge in [0.05, 0.1) is 15.0 Å². The van der Waals surface area contributed by atoms with Crippen molar-refractivity contribution in [3.8, 4) is 11.3 Å². The minimum Gasteiger partial charge on any atom is -0.485 e. The molecule has 0 saturated heterocycles. The Bertz CT molecular complexity index is 1150. The third kappa shape index (κ3) is 4.06. The number of aliphatic hydroxyl groups is 1. The van der Waals surface area contributed by atoms with E-state index in [4.69, 9.17) is 27.7 Å². The number of para-hydroxylation sites is 2. The summed E-state index contributed by atoms with van der Waals surface area (Å²) in [6.45, 7) is 1.48. The number of hydrogen-bond acceptors (Lipinski definition) is 6. The number of nitrogens with zero attached hydrogens (tertiary/aromatic N) is 3. The fourth-order valence-electron chi connectivity index (χ4n) is 2.75. The van der Waals surface area contributed by atoms with E-state index in [-0.39, 0.29) is 38.3 Å². The number of nitro benzene ring substituents is 1. The van der Waals surface area contributed by atoms with E-state index in [1.54, 1.807) is 18.2 Å². The summed E-state index contributed by atoms with van der Waals surface area (Å²) in [6, 6.07) is 10.2. The molecule has 0 aliphatic rings. The predicted molar refractivity (Wildman–Crippen MR) is 115 cm³/mol. The van der Waals surface area contributed by atoms with Gasteiger partial charge in [0.25, 0.3) is 16.8 Å². The molecular formula is C18H12Cl2N4O5S. The number of amides is 1. The van der Waals surface area contributed by atoms with E-state index in [2.05, 4.69) is 22.8 Å². The predicted octanol–water partition coefficient (Wildman–Crippen LogP) is 4.86. The summed E-state index contributed by atoms with van der Waals surface area (Å²) in [5, 5.41) is 25.3. The van der Waals surface area contributed by atoms with Gasteiger partial charge >= 0.3 is 0 Å². The van der Waals surface area contributed by atoms with E-state index in [9.17, 15) is 20.0 Å². The Morgan fingerprint density at radius 1 is 1.23 bits per heavy atom. The highest BCUT2D eigenvalue weighted by Gasteiger charge is 2.32. The van der Waals surface area contributed by atoms with E-state index in [0.717, 1.165) is 5.01 Å². The normalized spacial score (nSPS) is 10.5. The molecule has 9 nitrogen and oxygen atoms in total. The average Bonchev–Trinajstić information content (AvgIpc) is 3.06. The van der Waals surface area contributed by atoms with Crippen molar-refractivity contribution in [2.45, 2.75) is 6.92 Å². The van der Waals surface area contributed by atoms with Crippen molar-refractivity contribution in [2.24, 2.45) is 0 Å². The first kappa shape index (κ1) is 21.5. The molecule has 2 aromatic carbocycles. The highest BCUT2D eigenvalue weighted by Crippen LogP contribution is 2.38. The molecule has 0 aliphatic carbocycles. The third-order valence-corrected chi connectivity index (χ3v) is 4.73. The molecule has 0 spiro atoms. The zero-order valence-corrected chi connectivity index (χ0v) is 17.5. The minimum atomic E-state index is -0.842. The van der Waals surface area contributed by atoms with Crippen molar-refractivity contribution in [1.82, 2.24) is 10.6 Å². The number of nitro groups is 1. The molecule has 0 aliphatic heterocycles. The summed E-state index contributed by atoms with van der Waals surface area (Å²) in [7, 11) is 0. The Labute approximate surface area is 184 Å². The van der Waals surface area contributed by atoms with Gasteiger partial charge in [0, 0.05) is 11.6 Å². The topological polar surface area (TPSA) is 122 Å². The van der Waals surface area contributed by atoms with Crippen LogP contribution in [0.15, 0.2) is 47.0 Å². The Morgan fingerprint density at radius 2 is 1.87 bits per heavy atom. The first-order valence-electron chi connectivity index (χ1n) is 8.20. The van der Waals surface area contributed by atoms with Crippen LogP contribution in [-0.4, -0.2) is 26.3 Å². The Kier molecular flexibility index (Phi) is 6.20. The zero-order chi connectivity index (χ0) is 22.0. The number of aryl methyl sites for hydroxylation is 1. The Balaban J connectivity index is 2.20. The van der Waals surface area contributed by atoms with Crippen molar-refractivity contribution in [2.75, 3.05) is 5.01 Å². The number of anilines is 1. The van der Waals surface area contributed by atoms with Crippen molar-refractivity contribution in [3.05, 3.63) is 73.9 Å². The number of benzene rings is 2. The summed E-state index contributed by atoms with van der Waals surface area (Å²) in [5.74, 6) is -0.745. The van der Waals surface area contributed by atoms with E-state index in [1.807, 2.05) is 0 Å². The fraction of sp³-hybridized carbons (Fsp3) is 0.0556. The number of carbonyl (C=O) groups excluding carboxylic acids is 1. The van der Waals surface area contributed by atoms with E-state index in [0.29, 0.717) is 0 Å². The number of hydrogen-bond donors (Lipinski definition) is 2. The second-order valence-corrected chi connectivity index (χ2v) is 7.06. The van der Waals surface area contributed by atoms with Crippen molar-refractivity contribution >= 4 is 57.9 Å². The van der Waals surface area contributed by atoms with Gasteiger partial charge < -0.3 is 9.63 Å². The van der Waals surface area contributed by atoms with Gasteiger partial charge in [-0.05, 0) is 37.3 Å². The first-order valence-corrected chi connectivity index (χ1v) is 9.37. The summed E-state index contributed by atoms with van der Waals surface area (Å²) in [4.78, 5) is 24.2. The number of aliphatic hydroxyl groups excluding tert-OH is 1. The SMILES string of the molecule is Cc1onc(-c2c(Cl)cccc2Cl)c1C(=O)N(NC(O)=S)c1ccccc1[N+](=O)[O-]. The molecule has 3 aromatic rings. The lowest BCUT2D eigenvalue weighted by molar-refractivity contribution is -0.384. The van der Waals surface area contributed by atoms with Crippen LogP contribution < -0.4 is 10.4 Å². The molecule has 0 unspecified atom stereocenters. The first-order chi connectivity index (χ1) is 14.2. The molecule has 0 fully saturated rings. The van der Waals surface area contributed by atoms with Gasteiger partial charge in [0.15, 0.2) is 0 Å². The van der Waals surface area contributed by atoms with Crippen LogP contribution in [0, 0.1) is 17.0 Å². The van der Waals surface area contributed by atoms with Crippen LogP contribution in [-0.2, 0) is 0 Å². The van der Waals surface area contributed by atoms with E-state index < -0.39 is 21.7 Å². The number of rotatable bonds is 4. The van der Waals surface area contributed by atoms with Gasteiger partial charge in [0.2, 0.25) is 0 Å². The quantitative estimate of drug-likeness (QED) is 0.317. The van der Waals surface area contributed by atoms with Crippen LogP contribution in [0.2, 0.25) is 10.0 Å². The number of aromatic nitrogens is 1. The summed E-state index contributed by atoms with van der Waals surface area (Å²) >= 11 is 17.1. The molecule has 2 N–H and O–H groups in total. The standard InChI is InChI=1S/C18H12Cl2N4O5S/c1-9-14(16(22-29-9)15-10(19)5-4-6-11(15)20)17(25)23(21-18(26)30)12-7-2-3-8-13(12)24(27)28/h2-8H,1H3,(H2,21,26,30). The molecular weight excluding hydrogens is 455 g/mol. The van der Waals surface area contributed by atoms with Crippen LogP contribution in [0.5, 0.6) is 0 Å². The van der Waals surface area contributed by atoms with Crippen LogP contribution in [0.1, 0.15) is 16.1 Å². The lowest BCUT2D eigenvalue weighted by Crippen LogP contribution is -2.46. The molecule has 12 heteroatoms. The van der Waals surface area contributed by atoms with Gasteiger partial charge in [-0.1, -0.05) is 46.6 Å². The molecule has 1 aromatic heterocycles. The van der Waals surface area contributed by atoms with Gasteiger partial charge in [-0.25, -0.2) is 5.01 Å². The zero-order valence-electron chi connectivity index (χ0n) is 15.1. The number of thiocarbonyl (C=S) groups is 1. The van der Waals surface area contributed by atoms with Crippen molar-refractivity contribution in [1.29, 1.82) is 0 Å². The smallest absolute Gasteiger partial charge is 0.294 e. The van der Waals surface area contributed by atoms with E-state index >= 15 is 0 Å². The second-order valence-electron chi connectivity index (χ2n) is 5.86. The summed E-state index contributed by atoms with van der Waals surface area (Å²) in [6.07, 6.45) is 0. The minimum absolute atomic E-state index is 0.0299. The third-order valence-electron chi connectivity index (χ3n) is 4.01. The molecule has 0 bridgehead atoms. The van der Waals surface area contributed by atoms with Gasteiger partial charge in [0.1, 0.15) is 22.7 Å². The van der Waals surface area contributed by atoms with Crippen molar-refractivity contribution < 1.29 is 19.3 Å². The lowest BCUT2D eigenvalue weighted by atomic mass is 10.0. The van der Waals surface area contributed by atoms with Crippen LogP contribution in [0.3, 0.4) is 0 Å². The monoisotopic (exact) mass is 466 g/mol. The molecule has 30 heavy (non-hydrogen) atoms. The maximum atomic E-state index is 13.4. The van der Waals surface area contributed by atoms with Crippen LogP contribution >= 0.6 is 35.4 Å². The Hall–Kier alpha value is -3.21. The van der Waals surface area contributed by atoms with Gasteiger partial charge in [-0.15, -0.1) is 0 Å². The lowest BCUT2D eigenvalue weighted by Gasteiger charge is -2.22. The second kappa shape index (κ2) is 8.66. The highest BCUT2D eigenvalue weighted by atomic mass is 35.5. The number of nitrogens with one attached hydrogen (secondary N) is 1. The van der Waals surface area contributed by atoms with Gasteiger partial charge in [-0.2, -0.15) is 0 Å². The average molecular weight is 467 g/mol. The van der Waals surface area contributed by atoms with Crippen LogP contribution in [0.25, 0.3) is 11.3 Å². The highest BCUT2D eigenvalue weighted by molar-refractivity contribution is 7.79. The number of halogens is 2. The number of carbonyl (C=O) groups is 1. The molecule has 0 radical (unpaired) electrons. The maximum absolute atomic E-state index is 13.4. The van der Waals surface area contributed by atoms with Crippen LogP contribution in [0.4, 0.5) is 11.4 Å². The molecule has 1 heterocycles. The largest absolute Gasteiger partial charge is 0.485 e. The number of hydrazine groups is 1. The molecule has 1 amide bonds.